The number of nitrogens with zero attached hydrogens (tertiary/aromatic N) is 3. The smallest absolute Gasteiger partial charge is 0.172 e. The van der Waals surface area contributed by atoms with Crippen LogP contribution in [0, 0.1) is 5.92 Å². The first-order valence-electron chi connectivity index (χ1n) is 10.1. The number of fused-ring (bicyclic) bond motifs is 1. The van der Waals surface area contributed by atoms with Crippen molar-refractivity contribution in [3.63, 3.8) is 0 Å². The molecule has 1 saturated heterocycles. The SMILES string of the molecule is C=P(C)(C)CC(C)[C@H]1O[C@@H](n2c(SCCCC)nc3c(N)ccnc32)[C@H](O)[C@@H]1O. The molecular weight excluding hydrogens is 407 g/mol. The summed E-state index contributed by atoms with van der Waals surface area (Å²) in [5.74, 6) is 0.972. The third-order valence-corrected chi connectivity index (χ3v) is 7.78. The number of ether oxygens (including phenoxy) is 1. The molecule has 1 fully saturated rings. The van der Waals surface area contributed by atoms with Gasteiger partial charge in [-0.3, -0.25) is 4.57 Å². The molecule has 1 aliphatic rings. The van der Waals surface area contributed by atoms with Crippen molar-refractivity contribution in [3.8, 4) is 0 Å². The number of imidazole rings is 1. The number of aromatic nitrogens is 3. The largest absolute Gasteiger partial charge is 0.397 e. The van der Waals surface area contributed by atoms with Gasteiger partial charge in [-0.2, -0.15) is 0 Å². The molecule has 3 heterocycles. The molecule has 0 spiro atoms. The zero-order valence-corrected chi connectivity index (χ0v) is 19.4. The molecule has 5 atom stereocenters. The number of rotatable bonds is 8. The molecule has 1 unspecified atom stereocenters. The molecule has 0 aliphatic carbocycles. The Morgan fingerprint density at radius 1 is 1.38 bits per heavy atom. The molecule has 9 heteroatoms. The van der Waals surface area contributed by atoms with E-state index in [1.807, 2.05) is 0 Å². The summed E-state index contributed by atoms with van der Waals surface area (Å²) in [7, 11) is 0. The first-order chi connectivity index (χ1) is 13.6. The number of pyridine rings is 1. The van der Waals surface area contributed by atoms with Crippen molar-refractivity contribution in [1.82, 2.24) is 14.5 Å². The zero-order chi connectivity index (χ0) is 21.3. The Hall–Kier alpha value is -1.05. The fourth-order valence-electron chi connectivity index (χ4n) is 3.88. The van der Waals surface area contributed by atoms with Crippen molar-refractivity contribution < 1.29 is 14.9 Å². The molecule has 2 aromatic rings. The summed E-state index contributed by atoms with van der Waals surface area (Å²) < 4.78 is 8.05. The topological polar surface area (TPSA) is 106 Å². The number of aliphatic hydroxyl groups is 2. The summed E-state index contributed by atoms with van der Waals surface area (Å²) in [5, 5.41) is 22.3. The number of nitrogens with two attached hydrogens (primary N) is 1. The maximum Gasteiger partial charge on any atom is 0.172 e. The molecule has 0 aromatic carbocycles. The van der Waals surface area contributed by atoms with E-state index in [0.717, 1.165) is 24.8 Å². The van der Waals surface area contributed by atoms with E-state index in [2.05, 4.69) is 43.4 Å². The number of nitrogen functional groups attached to an aromatic ring is 1. The number of hydrogen-bond acceptors (Lipinski definition) is 7. The van der Waals surface area contributed by atoms with Gasteiger partial charge in [0.15, 0.2) is 17.0 Å². The van der Waals surface area contributed by atoms with Crippen LogP contribution < -0.4 is 5.73 Å². The lowest BCUT2D eigenvalue weighted by Gasteiger charge is -2.26. The highest BCUT2D eigenvalue weighted by Crippen LogP contribution is 2.43. The van der Waals surface area contributed by atoms with Gasteiger partial charge in [-0.15, -0.1) is 13.2 Å². The third kappa shape index (κ3) is 4.83. The minimum atomic E-state index is -1.30. The second-order valence-corrected chi connectivity index (χ2v) is 13.9. The first kappa shape index (κ1) is 22.6. The van der Waals surface area contributed by atoms with Crippen LogP contribution in [0.25, 0.3) is 11.2 Å². The fourth-order valence-corrected chi connectivity index (χ4v) is 6.75. The van der Waals surface area contributed by atoms with Crippen LogP contribution in [0.15, 0.2) is 17.4 Å². The van der Waals surface area contributed by atoms with Crippen LogP contribution >= 0.6 is 18.6 Å². The quantitative estimate of drug-likeness (QED) is 0.329. The number of unbranched alkanes of at least 4 members (excludes halogenated alkanes) is 1. The predicted octanol–water partition coefficient (Wildman–Crippen LogP) is 2.87. The number of anilines is 1. The van der Waals surface area contributed by atoms with Crippen LogP contribution in [-0.2, 0) is 4.74 Å². The second kappa shape index (κ2) is 8.98. The standard InChI is InChI=1S/C20H33N4O3PS/c1-6-7-10-29-20-23-14-13(21)8-9-22-18(14)24(20)19-16(26)15(25)17(27-19)12(2)11-28(3,4)5/h8-9,12,15-17,19,25-26H,3,6-7,10-11H2,1-2,4-5H3,(H2,21,22)/t12?,15-,16+,17+,19+/m0/s1. The van der Waals surface area contributed by atoms with Gasteiger partial charge in [0.25, 0.3) is 0 Å². The summed E-state index contributed by atoms with van der Waals surface area (Å²) in [5.41, 5.74) is 7.82. The van der Waals surface area contributed by atoms with E-state index in [9.17, 15) is 10.2 Å². The van der Waals surface area contributed by atoms with E-state index < -0.39 is 31.4 Å². The molecule has 0 saturated carbocycles. The third-order valence-electron chi connectivity index (χ3n) is 5.18. The first-order valence-corrected chi connectivity index (χ1v) is 14.1. The van der Waals surface area contributed by atoms with Crippen molar-refractivity contribution in [1.29, 1.82) is 0 Å². The highest BCUT2D eigenvalue weighted by molar-refractivity contribution is 7.99. The normalized spacial score (nSPS) is 26.3. The minimum Gasteiger partial charge on any atom is -0.397 e. The Balaban J connectivity index is 1.97. The van der Waals surface area contributed by atoms with E-state index in [0.29, 0.717) is 22.0 Å². The lowest BCUT2D eigenvalue weighted by Crippen LogP contribution is -2.36. The maximum absolute atomic E-state index is 10.9. The van der Waals surface area contributed by atoms with Gasteiger partial charge in [-0.05, 0) is 37.9 Å². The Morgan fingerprint density at radius 2 is 2.10 bits per heavy atom. The maximum atomic E-state index is 10.9. The van der Waals surface area contributed by atoms with Crippen molar-refractivity contribution >= 4 is 41.8 Å². The van der Waals surface area contributed by atoms with Gasteiger partial charge >= 0.3 is 0 Å². The van der Waals surface area contributed by atoms with Gasteiger partial charge in [-0.25, -0.2) is 9.97 Å². The summed E-state index contributed by atoms with van der Waals surface area (Å²) >= 11 is 1.59. The Kier molecular flexibility index (Phi) is 7.01. The average molecular weight is 441 g/mol. The Bertz CT molecular complexity index is 899. The molecule has 0 radical (unpaired) electrons. The van der Waals surface area contributed by atoms with Gasteiger partial charge < -0.3 is 20.7 Å². The van der Waals surface area contributed by atoms with Crippen LogP contribution in [0.2, 0.25) is 0 Å². The molecule has 0 bridgehead atoms. The fraction of sp³-hybridized carbons (Fsp3) is 0.650. The highest BCUT2D eigenvalue weighted by atomic mass is 32.2. The van der Waals surface area contributed by atoms with Gasteiger partial charge in [0.1, 0.15) is 17.7 Å². The van der Waals surface area contributed by atoms with Crippen LogP contribution in [0.3, 0.4) is 0 Å². The van der Waals surface area contributed by atoms with Crippen molar-refractivity contribution in [2.45, 2.75) is 56.4 Å². The van der Waals surface area contributed by atoms with Gasteiger partial charge in [-0.1, -0.05) is 32.0 Å². The monoisotopic (exact) mass is 440 g/mol. The van der Waals surface area contributed by atoms with Crippen LogP contribution in [0.5, 0.6) is 0 Å². The van der Waals surface area contributed by atoms with Gasteiger partial charge in [0.2, 0.25) is 0 Å². The zero-order valence-electron chi connectivity index (χ0n) is 17.7. The number of aliphatic hydroxyl groups excluding tert-OH is 2. The number of hydrogen-bond donors (Lipinski definition) is 3. The lowest BCUT2D eigenvalue weighted by atomic mass is 10.0. The lowest BCUT2D eigenvalue weighted by molar-refractivity contribution is -0.0527. The van der Waals surface area contributed by atoms with Crippen LogP contribution in [0.1, 0.15) is 32.9 Å². The molecule has 1 aliphatic heterocycles. The van der Waals surface area contributed by atoms with E-state index in [-0.39, 0.29) is 5.92 Å². The molecule has 162 valence electrons. The van der Waals surface area contributed by atoms with Gasteiger partial charge in [0.05, 0.1) is 11.8 Å². The van der Waals surface area contributed by atoms with E-state index in [1.54, 1.807) is 28.6 Å². The second-order valence-electron chi connectivity index (χ2n) is 8.61. The summed E-state index contributed by atoms with van der Waals surface area (Å²) in [6, 6.07) is 1.71. The van der Waals surface area contributed by atoms with Crippen molar-refractivity contribution in [3.05, 3.63) is 12.3 Å². The minimum absolute atomic E-state index is 0.0782. The van der Waals surface area contributed by atoms with E-state index >= 15 is 0 Å². The van der Waals surface area contributed by atoms with Crippen LogP contribution in [0.4, 0.5) is 5.69 Å². The van der Waals surface area contributed by atoms with E-state index in [4.69, 9.17) is 10.5 Å². The summed E-state index contributed by atoms with van der Waals surface area (Å²) in [4.78, 5) is 9.13. The van der Waals surface area contributed by atoms with Gasteiger partial charge in [0, 0.05) is 11.9 Å². The molecule has 29 heavy (non-hydrogen) atoms. The molecule has 0 amide bonds. The van der Waals surface area contributed by atoms with Crippen molar-refractivity contribution in [2.24, 2.45) is 5.92 Å². The number of thioether (sulfide) groups is 1. The summed E-state index contributed by atoms with van der Waals surface area (Å²) in [6.45, 7) is 7.22. The molecule has 7 nitrogen and oxygen atoms in total. The molecule has 3 rings (SSSR count). The van der Waals surface area contributed by atoms with Crippen LogP contribution in [-0.4, -0.2) is 74.6 Å². The summed E-state index contributed by atoms with van der Waals surface area (Å²) in [6.07, 6.45) is 5.63. The Labute approximate surface area is 177 Å². The Morgan fingerprint density at radius 3 is 2.76 bits per heavy atom. The van der Waals surface area contributed by atoms with E-state index in [1.165, 1.54) is 0 Å². The van der Waals surface area contributed by atoms with Crippen molar-refractivity contribution in [2.75, 3.05) is 31.0 Å². The molecule has 2 aromatic heterocycles. The molecular formula is C20H33N4O3PS. The molecule has 4 N–H and O–H groups in total. The average Bonchev–Trinajstić information content (AvgIpc) is 3.13. The predicted molar refractivity (Wildman–Crippen MR) is 123 cm³/mol. The highest BCUT2D eigenvalue weighted by Gasteiger charge is 2.47.